The van der Waals surface area contributed by atoms with E-state index in [9.17, 15) is 4.79 Å². The molecule has 1 aliphatic heterocycles. The molecule has 0 unspecified atom stereocenters. The van der Waals surface area contributed by atoms with Crippen LogP contribution in [0.2, 0.25) is 0 Å². The molecule has 23 heavy (non-hydrogen) atoms. The van der Waals surface area contributed by atoms with Crippen molar-refractivity contribution < 1.29 is 9.32 Å². The van der Waals surface area contributed by atoms with Gasteiger partial charge in [-0.3, -0.25) is 9.48 Å². The van der Waals surface area contributed by atoms with Crippen LogP contribution in [-0.2, 0) is 7.05 Å². The Morgan fingerprint density at radius 3 is 2.83 bits per heavy atom. The number of rotatable bonds is 3. The molecule has 0 aromatic carbocycles. The summed E-state index contributed by atoms with van der Waals surface area (Å²) in [5, 5.41) is 8.23. The molecule has 7 nitrogen and oxygen atoms in total. The molecule has 4 rings (SSSR count). The van der Waals surface area contributed by atoms with Gasteiger partial charge in [-0.2, -0.15) is 10.1 Å². The normalized spacial score (nSPS) is 22.1. The number of amides is 1. The van der Waals surface area contributed by atoms with Crippen LogP contribution in [0.4, 0.5) is 0 Å². The molecular formula is C16H21N5O2. The number of aryl methyl sites for hydroxylation is 1. The van der Waals surface area contributed by atoms with Gasteiger partial charge in [0.05, 0.1) is 17.7 Å². The zero-order valence-corrected chi connectivity index (χ0v) is 13.3. The molecule has 122 valence electrons. The molecular weight excluding hydrogens is 294 g/mol. The monoisotopic (exact) mass is 315 g/mol. The van der Waals surface area contributed by atoms with Crippen molar-refractivity contribution in [2.45, 2.75) is 43.9 Å². The first-order chi connectivity index (χ1) is 11.2. The van der Waals surface area contributed by atoms with Gasteiger partial charge < -0.3 is 9.42 Å². The Kier molecular flexibility index (Phi) is 3.63. The smallest absolute Gasteiger partial charge is 0.257 e. The first-order valence-corrected chi connectivity index (χ1v) is 8.32. The van der Waals surface area contributed by atoms with E-state index in [1.165, 1.54) is 12.8 Å². The molecule has 0 spiro atoms. The van der Waals surface area contributed by atoms with E-state index in [2.05, 4.69) is 15.2 Å². The Balaban J connectivity index is 1.43. The summed E-state index contributed by atoms with van der Waals surface area (Å²) in [6.07, 6.45) is 9.07. The summed E-state index contributed by atoms with van der Waals surface area (Å²) in [6.45, 7) is 1.36. The standard InChI is InChI=1S/C16H21N5O2/c1-20-9-13(8-17-20)16(22)21-7-6-12(10-21)15-18-14(19-23-15)11-4-2-3-5-11/h8-9,11-12H,2-7,10H2,1H3/t12-/m0/s1. The van der Waals surface area contributed by atoms with Crippen molar-refractivity contribution in [2.75, 3.05) is 13.1 Å². The van der Waals surface area contributed by atoms with Crippen LogP contribution in [-0.4, -0.2) is 43.8 Å². The van der Waals surface area contributed by atoms with Crippen LogP contribution >= 0.6 is 0 Å². The SMILES string of the molecule is Cn1cc(C(=O)N2CC[C@H](c3nc(C4CCCC4)no3)C2)cn1. The molecule has 7 heteroatoms. The molecule has 2 fully saturated rings. The van der Waals surface area contributed by atoms with Crippen molar-refractivity contribution in [1.29, 1.82) is 0 Å². The number of carbonyl (C=O) groups is 1. The van der Waals surface area contributed by atoms with Gasteiger partial charge in [-0.05, 0) is 19.3 Å². The van der Waals surface area contributed by atoms with Crippen molar-refractivity contribution in [1.82, 2.24) is 24.8 Å². The van der Waals surface area contributed by atoms with Crippen molar-refractivity contribution in [3.63, 3.8) is 0 Å². The maximum atomic E-state index is 12.5. The third kappa shape index (κ3) is 2.75. The minimum atomic E-state index is 0.0242. The van der Waals surface area contributed by atoms with Crippen LogP contribution in [0.25, 0.3) is 0 Å². The molecule has 1 aliphatic carbocycles. The van der Waals surface area contributed by atoms with Crippen LogP contribution in [0.15, 0.2) is 16.9 Å². The second kappa shape index (κ2) is 5.79. The summed E-state index contributed by atoms with van der Waals surface area (Å²) in [6, 6.07) is 0. The number of aromatic nitrogens is 4. The second-order valence-electron chi connectivity index (χ2n) is 6.61. The highest BCUT2D eigenvalue weighted by Crippen LogP contribution is 2.34. The van der Waals surface area contributed by atoms with Gasteiger partial charge in [0.15, 0.2) is 5.82 Å². The topological polar surface area (TPSA) is 77.0 Å². The van der Waals surface area contributed by atoms with Crippen LogP contribution in [0, 0.1) is 0 Å². The van der Waals surface area contributed by atoms with Crippen molar-refractivity contribution >= 4 is 5.91 Å². The van der Waals surface area contributed by atoms with Gasteiger partial charge in [0.25, 0.3) is 5.91 Å². The van der Waals surface area contributed by atoms with E-state index in [-0.39, 0.29) is 11.8 Å². The van der Waals surface area contributed by atoms with Gasteiger partial charge in [0.1, 0.15) is 0 Å². The molecule has 0 N–H and O–H groups in total. The molecule has 2 aliphatic rings. The van der Waals surface area contributed by atoms with E-state index < -0.39 is 0 Å². The quantitative estimate of drug-likeness (QED) is 0.866. The van der Waals surface area contributed by atoms with E-state index in [1.807, 2.05) is 11.9 Å². The molecule has 1 atom stereocenters. The van der Waals surface area contributed by atoms with E-state index in [0.29, 0.717) is 23.9 Å². The van der Waals surface area contributed by atoms with Gasteiger partial charge in [-0.25, -0.2) is 0 Å². The maximum Gasteiger partial charge on any atom is 0.257 e. The molecule has 2 aromatic heterocycles. The third-order valence-electron chi connectivity index (χ3n) is 4.95. The molecule has 2 aromatic rings. The van der Waals surface area contributed by atoms with E-state index in [1.54, 1.807) is 17.1 Å². The van der Waals surface area contributed by atoms with E-state index >= 15 is 0 Å². The first kappa shape index (κ1) is 14.4. The van der Waals surface area contributed by atoms with Crippen LogP contribution < -0.4 is 0 Å². The summed E-state index contributed by atoms with van der Waals surface area (Å²) in [4.78, 5) is 18.9. The first-order valence-electron chi connectivity index (χ1n) is 8.32. The second-order valence-corrected chi connectivity index (χ2v) is 6.61. The summed E-state index contributed by atoms with van der Waals surface area (Å²) < 4.78 is 7.13. The molecule has 1 amide bonds. The average Bonchev–Trinajstić information content (AvgIpc) is 3.30. The average molecular weight is 315 g/mol. The number of carbonyl (C=O) groups excluding carboxylic acids is 1. The van der Waals surface area contributed by atoms with E-state index in [4.69, 9.17) is 4.52 Å². The van der Waals surface area contributed by atoms with Crippen LogP contribution in [0.1, 0.15) is 66.0 Å². The van der Waals surface area contributed by atoms with Gasteiger partial charge in [0.2, 0.25) is 5.89 Å². The summed E-state index contributed by atoms with van der Waals surface area (Å²) in [5.41, 5.74) is 0.630. The van der Waals surface area contributed by atoms with Crippen LogP contribution in [0.5, 0.6) is 0 Å². The highest BCUT2D eigenvalue weighted by molar-refractivity contribution is 5.93. The molecule has 0 radical (unpaired) electrons. The van der Waals surface area contributed by atoms with Gasteiger partial charge in [-0.1, -0.05) is 18.0 Å². The predicted octanol–water partition coefficient (Wildman–Crippen LogP) is 2.09. The van der Waals surface area contributed by atoms with Gasteiger partial charge in [-0.15, -0.1) is 0 Å². The minimum absolute atomic E-state index is 0.0242. The predicted molar refractivity (Wildman–Crippen MR) is 82.0 cm³/mol. The Bertz CT molecular complexity index is 701. The fourth-order valence-electron chi connectivity index (χ4n) is 3.62. The number of hydrogen-bond acceptors (Lipinski definition) is 5. The fraction of sp³-hybridized carbons (Fsp3) is 0.625. The van der Waals surface area contributed by atoms with Gasteiger partial charge in [0, 0.05) is 32.3 Å². The Labute approximate surface area is 134 Å². The Morgan fingerprint density at radius 1 is 1.26 bits per heavy atom. The number of likely N-dealkylation sites (tertiary alicyclic amines) is 1. The molecule has 1 saturated heterocycles. The summed E-state index contributed by atoms with van der Waals surface area (Å²) >= 11 is 0. The lowest BCUT2D eigenvalue weighted by molar-refractivity contribution is 0.0789. The third-order valence-corrected chi connectivity index (χ3v) is 4.95. The lowest BCUT2D eigenvalue weighted by Crippen LogP contribution is -2.28. The van der Waals surface area contributed by atoms with E-state index in [0.717, 1.165) is 31.6 Å². The number of hydrogen-bond donors (Lipinski definition) is 0. The zero-order chi connectivity index (χ0) is 15.8. The van der Waals surface area contributed by atoms with Crippen molar-refractivity contribution in [2.24, 2.45) is 7.05 Å². The van der Waals surface area contributed by atoms with Crippen LogP contribution in [0.3, 0.4) is 0 Å². The lowest BCUT2D eigenvalue weighted by atomic mass is 10.1. The van der Waals surface area contributed by atoms with Crippen molar-refractivity contribution in [3.05, 3.63) is 29.7 Å². The Hall–Kier alpha value is -2.18. The van der Waals surface area contributed by atoms with Crippen molar-refractivity contribution in [3.8, 4) is 0 Å². The number of nitrogens with zero attached hydrogens (tertiary/aromatic N) is 5. The summed E-state index contributed by atoms with van der Waals surface area (Å²) in [7, 11) is 1.81. The zero-order valence-electron chi connectivity index (χ0n) is 13.3. The van der Waals surface area contributed by atoms with Gasteiger partial charge >= 0.3 is 0 Å². The lowest BCUT2D eigenvalue weighted by Gasteiger charge is -2.14. The highest BCUT2D eigenvalue weighted by atomic mass is 16.5. The fourth-order valence-corrected chi connectivity index (χ4v) is 3.62. The largest absolute Gasteiger partial charge is 0.339 e. The summed E-state index contributed by atoms with van der Waals surface area (Å²) in [5.74, 6) is 2.18. The maximum absolute atomic E-state index is 12.5. The highest BCUT2D eigenvalue weighted by Gasteiger charge is 2.33. The molecule has 3 heterocycles. The minimum Gasteiger partial charge on any atom is -0.339 e. The Morgan fingerprint density at radius 2 is 2.09 bits per heavy atom. The molecule has 0 bridgehead atoms. The molecule has 1 saturated carbocycles.